The second-order valence-corrected chi connectivity index (χ2v) is 7.85. The Hall–Kier alpha value is -3.16. The third-order valence-electron chi connectivity index (χ3n) is 5.99. The van der Waals surface area contributed by atoms with Crippen LogP contribution in [0.1, 0.15) is 23.0 Å². The summed E-state index contributed by atoms with van der Waals surface area (Å²) in [6.07, 6.45) is 0. The molecule has 30 heavy (non-hydrogen) atoms. The second-order valence-electron chi connectivity index (χ2n) is 7.85. The number of carboxylic acids is 1. The highest BCUT2D eigenvalue weighted by molar-refractivity contribution is 5.86. The lowest BCUT2D eigenvalue weighted by Crippen LogP contribution is -3.27. The maximum Gasteiger partial charge on any atom is 0.135 e. The third-order valence-corrected chi connectivity index (χ3v) is 5.99. The molecule has 7 nitrogen and oxygen atoms in total. The zero-order chi connectivity index (χ0) is 21.1. The molecular formula is C23H28N5O2+. The molecule has 7 heteroatoms. The topological polar surface area (TPSA) is 92.8 Å². The number of nitrogens with two attached hydrogens (primary N) is 1. The van der Waals surface area contributed by atoms with E-state index in [1.54, 1.807) is 21.7 Å². The molecule has 0 unspecified atom stereocenters. The normalized spacial score (nSPS) is 19.0. The third kappa shape index (κ3) is 4.08. The number of anilines is 1. The van der Waals surface area contributed by atoms with E-state index in [0.29, 0.717) is 5.82 Å². The minimum atomic E-state index is -1.20. The molecule has 1 fully saturated rings. The molecule has 4 N–H and O–H groups in total. The van der Waals surface area contributed by atoms with Gasteiger partial charge in [0.25, 0.3) is 0 Å². The van der Waals surface area contributed by atoms with Crippen LogP contribution < -0.4 is 20.6 Å². The molecular weight excluding hydrogens is 378 g/mol. The van der Waals surface area contributed by atoms with Gasteiger partial charge < -0.3 is 25.4 Å². The first-order valence-electron chi connectivity index (χ1n) is 10.5. The smallest absolute Gasteiger partial charge is 0.135 e. The van der Waals surface area contributed by atoms with Crippen LogP contribution in [0.2, 0.25) is 0 Å². The maximum absolute atomic E-state index is 11.1. The molecule has 2 aromatic carbocycles. The summed E-state index contributed by atoms with van der Waals surface area (Å²) in [5, 5.41) is 15.9. The van der Waals surface area contributed by atoms with Crippen LogP contribution in [0, 0.1) is 0 Å². The summed E-state index contributed by atoms with van der Waals surface area (Å²) in [5.74, 6) is -0.632. The zero-order valence-corrected chi connectivity index (χ0v) is 17.2. The summed E-state index contributed by atoms with van der Waals surface area (Å²) in [6, 6.07) is 16.6. The Morgan fingerprint density at radius 2 is 1.67 bits per heavy atom. The van der Waals surface area contributed by atoms with Gasteiger partial charge in [0.1, 0.15) is 44.2 Å². The van der Waals surface area contributed by atoms with E-state index in [9.17, 15) is 9.90 Å². The SMILES string of the molecule is CC[NH+]1CC[NH+](Cc2nn(-c3ccc(C(=O)[O-])cc3)c(N)c2-c2ccccc2)CC1. The summed E-state index contributed by atoms with van der Waals surface area (Å²) in [7, 11) is 0. The largest absolute Gasteiger partial charge is 0.545 e. The predicted molar refractivity (Wildman–Crippen MR) is 113 cm³/mol. The summed E-state index contributed by atoms with van der Waals surface area (Å²) >= 11 is 0. The second kappa shape index (κ2) is 8.69. The first kappa shape index (κ1) is 20.1. The Morgan fingerprint density at radius 3 is 2.27 bits per heavy atom. The van der Waals surface area contributed by atoms with Crippen LogP contribution in [0.15, 0.2) is 54.6 Å². The van der Waals surface area contributed by atoms with Gasteiger partial charge in [-0.2, -0.15) is 5.10 Å². The van der Waals surface area contributed by atoms with Crippen molar-refractivity contribution in [3.8, 4) is 16.8 Å². The Balaban J connectivity index is 1.69. The minimum absolute atomic E-state index is 0.133. The Bertz CT molecular complexity index is 1010. The van der Waals surface area contributed by atoms with E-state index >= 15 is 0 Å². The summed E-state index contributed by atoms with van der Waals surface area (Å²) in [4.78, 5) is 14.2. The molecule has 0 saturated carbocycles. The first-order valence-corrected chi connectivity index (χ1v) is 10.5. The van der Waals surface area contributed by atoms with Crippen molar-refractivity contribution in [3.63, 3.8) is 0 Å². The fraction of sp³-hybridized carbons (Fsp3) is 0.304. The molecule has 0 amide bonds. The average molecular weight is 407 g/mol. The molecule has 0 atom stereocenters. The quantitative estimate of drug-likeness (QED) is 0.479. The number of benzene rings is 2. The molecule has 156 valence electrons. The van der Waals surface area contributed by atoms with Gasteiger partial charge in [-0.05, 0) is 30.2 Å². The van der Waals surface area contributed by atoms with Gasteiger partial charge in [-0.1, -0.05) is 42.5 Å². The highest BCUT2D eigenvalue weighted by Gasteiger charge is 2.26. The highest BCUT2D eigenvalue weighted by Crippen LogP contribution is 2.31. The first-order chi connectivity index (χ1) is 14.6. The molecule has 1 aliphatic rings. The Labute approximate surface area is 176 Å². The standard InChI is InChI=1S/C23H27N5O2/c1-2-26-12-14-27(15-13-26)16-20-21(17-6-4-3-5-7-17)22(24)28(25-20)19-10-8-18(9-11-19)23(29)30/h3-11H,2,12-16,24H2,1H3,(H,29,30)/p+1. The summed E-state index contributed by atoms with van der Waals surface area (Å²) in [5.41, 5.74) is 10.4. The predicted octanol–water partition coefficient (Wildman–Crippen LogP) is -1.21. The van der Waals surface area contributed by atoms with E-state index in [1.807, 2.05) is 18.2 Å². The number of carboxylic acid groups (broad SMARTS) is 1. The average Bonchev–Trinajstić information content (AvgIpc) is 3.10. The van der Waals surface area contributed by atoms with Gasteiger partial charge in [-0.25, -0.2) is 4.68 Å². The molecule has 0 aliphatic carbocycles. The van der Waals surface area contributed by atoms with Crippen LogP contribution in [0.4, 0.5) is 5.82 Å². The molecule has 3 aromatic rings. The van der Waals surface area contributed by atoms with E-state index in [1.165, 1.54) is 36.7 Å². The zero-order valence-electron chi connectivity index (χ0n) is 17.2. The van der Waals surface area contributed by atoms with Crippen molar-refractivity contribution in [2.75, 3.05) is 38.5 Å². The van der Waals surface area contributed by atoms with Gasteiger partial charge in [-0.3, -0.25) is 0 Å². The van der Waals surface area contributed by atoms with Crippen molar-refractivity contribution in [3.05, 3.63) is 65.9 Å². The lowest BCUT2D eigenvalue weighted by molar-refractivity contribution is -1.02. The molecule has 1 saturated heterocycles. The van der Waals surface area contributed by atoms with Crippen molar-refractivity contribution in [2.24, 2.45) is 0 Å². The van der Waals surface area contributed by atoms with E-state index in [4.69, 9.17) is 10.8 Å². The summed E-state index contributed by atoms with van der Waals surface area (Å²) < 4.78 is 1.71. The van der Waals surface area contributed by atoms with Gasteiger partial charge in [-0.15, -0.1) is 0 Å². The van der Waals surface area contributed by atoms with Gasteiger partial charge in [0.05, 0.1) is 23.8 Å². The number of rotatable bonds is 6. The number of nitrogens with one attached hydrogen (secondary N) is 2. The van der Waals surface area contributed by atoms with Crippen molar-refractivity contribution in [2.45, 2.75) is 13.5 Å². The number of hydrogen-bond donors (Lipinski definition) is 3. The summed E-state index contributed by atoms with van der Waals surface area (Å²) in [6.45, 7) is 8.80. The Kier molecular flexibility index (Phi) is 5.83. The monoisotopic (exact) mass is 406 g/mol. The van der Waals surface area contributed by atoms with E-state index in [-0.39, 0.29) is 5.56 Å². The molecule has 0 radical (unpaired) electrons. The van der Waals surface area contributed by atoms with E-state index < -0.39 is 5.97 Å². The number of hydrogen-bond acceptors (Lipinski definition) is 4. The number of aromatic nitrogens is 2. The molecule has 0 bridgehead atoms. The minimum Gasteiger partial charge on any atom is -0.545 e. The van der Waals surface area contributed by atoms with Crippen LogP contribution in [0.25, 0.3) is 16.8 Å². The number of quaternary nitrogens is 2. The number of carbonyl (C=O) groups excluding carboxylic acids is 1. The lowest BCUT2D eigenvalue weighted by atomic mass is 10.0. The van der Waals surface area contributed by atoms with Crippen molar-refractivity contribution < 1.29 is 19.7 Å². The van der Waals surface area contributed by atoms with Gasteiger partial charge in [0.2, 0.25) is 0 Å². The van der Waals surface area contributed by atoms with Crippen molar-refractivity contribution >= 4 is 11.8 Å². The fourth-order valence-corrected chi connectivity index (χ4v) is 4.18. The molecule has 1 aromatic heterocycles. The molecule has 2 heterocycles. The maximum atomic E-state index is 11.1. The lowest BCUT2D eigenvalue weighted by Gasteiger charge is -2.28. The highest BCUT2D eigenvalue weighted by atomic mass is 16.4. The van der Waals surface area contributed by atoms with Gasteiger partial charge in [0, 0.05) is 0 Å². The number of nitrogens with zero attached hydrogens (tertiary/aromatic N) is 2. The Morgan fingerprint density at radius 1 is 1.03 bits per heavy atom. The molecule has 1 aliphatic heterocycles. The van der Waals surface area contributed by atoms with E-state index in [2.05, 4.69) is 19.1 Å². The van der Waals surface area contributed by atoms with Gasteiger partial charge in [0.15, 0.2) is 0 Å². The van der Waals surface area contributed by atoms with Crippen molar-refractivity contribution in [1.82, 2.24) is 9.78 Å². The van der Waals surface area contributed by atoms with Crippen LogP contribution in [-0.2, 0) is 6.54 Å². The number of nitrogen functional groups attached to an aromatic ring is 1. The van der Waals surface area contributed by atoms with E-state index in [0.717, 1.165) is 42.1 Å². The van der Waals surface area contributed by atoms with Crippen LogP contribution in [-0.4, -0.2) is 48.5 Å². The number of aromatic carboxylic acids is 1. The number of piperazine rings is 1. The number of likely N-dealkylation sites (N-methyl/N-ethyl adjacent to an activating group) is 1. The van der Waals surface area contributed by atoms with Crippen LogP contribution >= 0.6 is 0 Å². The van der Waals surface area contributed by atoms with Crippen molar-refractivity contribution in [1.29, 1.82) is 0 Å². The fourth-order valence-electron chi connectivity index (χ4n) is 4.18. The molecule has 4 rings (SSSR count). The molecule has 0 spiro atoms. The van der Waals surface area contributed by atoms with Gasteiger partial charge >= 0.3 is 0 Å². The van der Waals surface area contributed by atoms with Crippen LogP contribution in [0.3, 0.4) is 0 Å². The van der Waals surface area contributed by atoms with Crippen LogP contribution in [0.5, 0.6) is 0 Å². The number of carbonyl (C=O) groups is 1.